The van der Waals surface area contributed by atoms with Gasteiger partial charge in [0, 0.05) is 15.7 Å². The molecule has 2 N–H and O–H groups in total. The van der Waals surface area contributed by atoms with Crippen LogP contribution in [-0.4, -0.2) is 11.0 Å². The number of aryl methyl sites for hydroxylation is 1. The SMILES string of the molecule is Cc1cc(Br)cc(C(=O)Nc2ccc(O)cc2)c1. The van der Waals surface area contributed by atoms with Crippen LogP contribution >= 0.6 is 15.9 Å². The fourth-order valence-electron chi connectivity index (χ4n) is 1.62. The number of anilines is 1. The van der Waals surface area contributed by atoms with E-state index in [9.17, 15) is 4.79 Å². The maximum absolute atomic E-state index is 12.0. The molecule has 2 aromatic rings. The maximum Gasteiger partial charge on any atom is 0.255 e. The molecule has 0 heterocycles. The van der Waals surface area contributed by atoms with Crippen LogP contribution in [0.15, 0.2) is 46.9 Å². The van der Waals surface area contributed by atoms with Gasteiger partial charge in [0.15, 0.2) is 0 Å². The lowest BCUT2D eigenvalue weighted by Gasteiger charge is -2.06. The zero-order chi connectivity index (χ0) is 13.1. The molecular formula is C14H12BrNO2. The molecule has 18 heavy (non-hydrogen) atoms. The molecule has 0 saturated heterocycles. The van der Waals surface area contributed by atoms with E-state index in [4.69, 9.17) is 5.11 Å². The number of nitrogens with one attached hydrogen (secondary N) is 1. The van der Waals surface area contributed by atoms with E-state index in [0.717, 1.165) is 10.0 Å². The highest BCUT2D eigenvalue weighted by atomic mass is 79.9. The van der Waals surface area contributed by atoms with Crippen LogP contribution in [0.1, 0.15) is 15.9 Å². The van der Waals surface area contributed by atoms with Crippen LogP contribution in [0, 0.1) is 6.92 Å². The number of amides is 1. The molecule has 0 atom stereocenters. The van der Waals surface area contributed by atoms with Gasteiger partial charge in [-0.2, -0.15) is 0 Å². The first-order chi connectivity index (χ1) is 8.54. The Kier molecular flexibility index (Phi) is 3.67. The van der Waals surface area contributed by atoms with Crippen molar-refractivity contribution in [2.24, 2.45) is 0 Å². The highest BCUT2D eigenvalue weighted by molar-refractivity contribution is 9.10. The van der Waals surface area contributed by atoms with Crippen molar-refractivity contribution < 1.29 is 9.90 Å². The van der Waals surface area contributed by atoms with Crippen LogP contribution in [0.2, 0.25) is 0 Å². The summed E-state index contributed by atoms with van der Waals surface area (Å²) < 4.78 is 0.873. The van der Waals surface area contributed by atoms with Gasteiger partial charge in [0.1, 0.15) is 5.75 Å². The van der Waals surface area contributed by atoms with Crippen molar-refractivity contribution in [3.05, 3.63) is 58.1 Å². The standard InChI is InChI=1S/C14H12BrNO2/c1-9-6-10(8-11(15)7-9)14(18)16-12-2-4-13(17)5-3-12/h2-8,17H,1H3,(H,16,18). The van der Waals surface area contributed by atoms with Crippen molar-refractivity contribution in [1.82, 2.24) is 0 Å². The molecule has 92 valence electrons. The summed E-state index contributed by atoms with van der Waals surface area (Å²) in [5, 5.41) is 11.9. The van der Waals surface area contributed by atoms with Crippen molar-refractivity contribution in [2.45, 2.75) is 6.92 Å². The number of hydrogen-bond donors (Lipinski definition) is 2. The molecule has 0 aliphatic carbocycles. The van der Waals surface area contributed by atoms with Crippen LogP contribution in [0.5, 0.6) is 5.75 Å². The quantitative estimate of drug-likeness (QED) is 0.831. The topological polar surface area (TPSA) is 49.3 Å². The van der Waals surface area contributed by atoms with Crippen LogP contribution in [-0.2, 0) is 0 Å². The van der Waals surface area contributed by atoms with Crippen molar-refractivity contribution >= 4 is 27.5 Å². The molecule has 0 aliphatic heterocycles. The molecule has 0 unspecified atom stereocenters. The van der Waals surface area contributed by atoms with Crippen LogP contribution in [0.3, 0.4) is 0 Å². The number of hydrogen-bond acceptors (Lipinski definition) is 2. The minimum Gasteiger partial charge on any atom is -0.508 e. The van der Waals surface area contributed by atoms with Crippen LogP contribution < -0.4 is 5.32 Å². The van der Waals surface area contributed by atoms with Gasteiger partial charge in [0.05, 0.1) is 0 Å². The maximum atomic E-state index is 12.0. The van der Waals surface area contributed by atoms with Crippen molar-refractivity contribution in [1.29, 1.82) is 0 Å². The first-order valence-electron chi connectivity index (χ1n) is 5.42. The molecule has 0 aliphatic rings. The Balaban J connectivity index is 2.19. The summed E-state index contributed by atoms with van der Waals surface area (Å²) in [7, 11) is 0. The molecule has 2 aromatic carbocycles. The second-order valence-corrected chi connectivity index (χ2v) is 4.93. The van der Waals surface area contributed by atoms with Gasteiger partial charge in [0.2, 0.25) is 0 Å². The Morgan fingerprint density at radius 3 is 2.44 bits per heavy atom. The molecule has 3 nitrogen and oxygen atoms in total. The molecule has 0 bridgehead atoms. The second kappa shape index (κ2) is 5.23. The van der Waals surface area contributed by atoms with Gasteiger partial charge in [-0.15, -0.1) is 0 Å². The first-order valence-corrected chi connectivity index (χ1v) is 6.21. The summed E-state index contributed by atoms with van der Waals surface area (Å²) >= 11 is 3.36. The van der Waals surface area contributed by atoms with Gasteiger partial charge >= 0.3 is 0 Å². The third-order valence-corrected chi connectivity index (χ3v) is 2.89. The third-order valence-electron chi connectivity index (χ3n) is 2.43. The van der Waals surface area contributed by atoms with E-state index in [0.29, 0.717) is 11.3 Å². The molecule has 0 fully saturated rings. The summed E-state index contributed by atoms with van der Waals surface area (Å²) in [6.07, 6.45) is 0. The van der Waals surface area contributed by atoms with Crippen LogP contribution in [0.4, 0.5) is 5.69 Å². The van der Waals surface area contributed by atoms with Crippen LogP contribution in [0.25, 0.3) is 0 Å². The van der Waals surface area contributed by atoms with E-state index in [1.165, 1.54) is 12.1 Å². The number of halogens is 1. The Morgan fingerprint density at radius 2 is 1.83 bits per heavy atom. The van der Waals surface area contributed by atoms with E-state index < -0.39 is 0 Å². The smallest absolute Gasteiger partial charge is 0.255 e. The summed E-state index contributed by atoms with van der Waals surface area (Å²) in [5.41, 5.74) is 2.26. The lowest BCUT2D eigenvalue weighted by molar-refractivity contribution is 0.102. The van der Waals surface area contributed by atoms with Gasteiger partial charge in [-0.1, -0.05) is 15.9 Å². The lowest BCUT2D eigenvalue weighted by atomic mass is 10.1. The summed E-state index contributed by atoms with van der Waals surface area (Å²) in [6.45, 7) is 1.93. The molecule has 2 rings (SSSR count). The van der Waals surface area contributed by atoms with Crippen molar-refractivity contribution in [2.75, 3.05) is 5.32 Å². The van der Waals surface area contributed by atoms with E-state index >= 15 is 0 Å². The average molecular weight is 306 g/mol. The molecule has 0 aromatic heterocycles. The van der Waals surface area contributed by atoms with E-state index in [2.05, 4.69) is 21.2 Å². The lowest BCUT2D eigenvalue weighted by Crippen LogP contribution is -2.11. The van der Waals surface area contributed by atoms with Crippen molar-refractivity contribution in [3.8, 4) is 5.75 Å². The third kappa shape index (κ3) is 3.11. The highest BCUT2D eigenvalue weighted by Gasteiger charge is 2.07. The molecule has 1 amide bonds. The zero-order valence-electron chi connectivity index (χ0n) is 9.77. The number of carbonyl (C=O) groups excluding carboxylic acids is 1. The number of rotatable bonds is 2. The number of carbonyl (C=O) groups is 1. The van der Waals surface area contributed by atoms with E-state index in [1.807, 2.05) is 19.1 Å². The summed E-state index contributed by atoms with van der Waals surface area (Å²) in [4.78, 5) is 12.0. The van der Waals surface area contributed by atoms with Crippen molar-refractivity contribution in [3.63, 3.8) is 0 Å². The highest BCUT2D eigenvalue weighted by Crippen LogP contribution is 2.18. The Labute approximate surface area is 114 Å². The molecule has 0 radical (unpaired) electrons. The largest absolute Gasteiger partial charge is 0.508 e. The predicted octanol–water partition coefficient (Wildman–Crippen LogP) is 3.72. The number of benzene rings is 2. The Bertz CT molecular complexity index is 559. The fraction of sp³-hybridized carbons (Fsp3) is 0.0714. The van der Waals surface area contributed by atoms with Gasteiger partial charge in [0.25, 0.3) is 5.91 Å². The number of aromatic hydroxyl groups is 1. The second-order valence-electron chi connectivity index (χ2n) is 4.02. The molecule has 4 heteroatoms. The predicted molar refractivity (Wildman–Crippen MR) is 74.9 cm³/mol. The summed E-state index contributed by atoms with van der Waals surface area (Å²) in [6, 6.07) is 11.9. The zero-order valence-corrected chi connectivity index (χ0v) is 11.4. The minimum atomic E-state index is -0.176. The Morgan fingerprint density at radius 1 is 1.17 bits per heavy atom. The van der Waals surface area contributed by atoms with Gasteiger partial charge < -0.3 is 10.4 Å². The minimum absolute atomic E-state index is 0.172. The number of phenolic OH excluding ortho intramolecular Hbond substituents is 1. The number of phenols is 1. The van der Waals surface area contributed by atoms with Gasteiger partial charge in [-0.05, 0) is 55.0 Å². The molecular weight excluding hydrogens is 294 g/mol. The van der Waals surface area contributed by atoms with Gasteiger partial charge in [-0.3, -0.25) is 4.79 Å². The summed E-state index contributed by atoms with van der Waals surface area (Å²) in [5.74, 6) is -0.00334. The Hall–Kier alpha value is -1.81. The first kappa shape index (κ1) is 12.6. The van der Waals surface area contributed by atoms with Gasteiger partial charge in [-0.25, -0.2) is 0 Å². The average Bonchev–Trinajstić information content (AvgIpc) is 2.31. The molecule has 0 spiro atoms. The monoisotopic (exact) mass is 305 g/mol. The molecule has 0 saturated carbocycles. The van der Waals surface area contributed by atoms with E-state index in [-0.39, 0.29) is 11.7 Å². The normalized spacial score (nSPS) is 10.1. The fourth-order valence-corrected chi connectivity index (χ4v) is 2.22. The van der Waals surface area contributed by atoms with E-state index in [1.54, 1.807) is 18.2 Å².